The summed E-state index contributed by atoms with van der Waals surface area (Å²) in [5, 5.41) is 2.64. The van der Waals surface area contributed by atoms with Crippen LogP contribution in [0, 0.1) is 19.7 Å². The highest BCUT2D eigenvalue weighted by atomic mass is 19.1. The van der Waals surface area contributed by atoms with Gasteiger partial charge in [-0.25, -0.2) is 4.39 Å². The number of nitrogens with one attached hydrogen (secondary N) is 1. The van der Waals surface area contributed by atoms with Gasteiger partial charge in [-0.3, -0.25) is 9.59 Å². The fraction of sp³-hybridized carbons (Fsp3) is 0.263. The number of anilines is 2. The van der Waals surface area contributed by atoms with Crippen molar-refractivity contribution in [2.24, 2.45) is 0 Å². The number of rotatable bonds is 5. The van der Waals surface area contributed by atoms with Crippen LogP contribution in [0.4, 0.5) is 15.8 Å². The first-order chi connectivity index (χ1) is 11.4. The van der Waals surface area contributed by atoms with Crippen LogP contribution in [0.2, 0.25) is 0 Å². The van der Waals surface area contributed by atoms with Crippen molar-refractivity contribution in [1.82, 2.24) is 0 Å². The molecule has 0 aliphatic rings. The number of hydrogen-bond acceptors (Lipinski definition) is 2. The van der Waals surface area contributed by atoms with Crippen LogP contribution < -0.4 is 10.2 Å². The predicted molar refractivity (Wildman–Crippen MR) is 93.6 cm³/mol. The van der Waals surface area contributed by atoms with E-state index < -0.39 is 5.82 Å². The maximum Gasteiger partial charge on any atom is 0.226 e. The van der Waals surface area contributed by atoms with Crippen LogP contribution in [-0.2, 0) is 9.59 Å². The van der Waals surface area contributed by atoms with E-state index in [-0.39, 0.29) is 24.8 Å². The molecule has 0 aliphatic carbocycles. The molecule has 0 radical (unpaired) electrons. The SMILES string of the molecule is CC(=O)N(CCC(=O)Nc1cccc(F)c1)c1cc(C)ccc1C. The molecule has 2 aromatic rings. The van der Waals surface area contributed by atoms with Gasteiger partial charge in [0, 0.05) is 31.3 Å². The van der Waals surface area contributed by atoms with Crippen molar-refractivity contribution in [3.63, 3.8) is 0 Å². The summed E-state index contributed by atoms with van der Waals surface area (Å²) in [6, 6.07) is 11.6. The summed E-state index contributed by atoms with van der Waals surface area (Å²) in [6.45, 7) is 5.63. The fourth-order valence-electron chi connectivity index (χ4n) is 2.46. The van der Waals surface area contributed by atoms with E-state index in [9.17, 15) is 14.0 Å². The number of halogens is 1. The summed E-state index contributed by atoms with van der Waals surface area (Å²) in [5.74, 6) is -0.798. The van der Waals surface area contributed by atoms with Crippen molar-refractivity contribution in [1.29, 1.82) is 0 Å². The maximum atomic E-state index is 13.1. The standard InChI is InChI=1S/C19H21FN2O2/c1-13-7-8-14(2)18(11-13)22(15(3)23)10-9-19(24)21-17-6-4-5-16(20)12-17/h4-8,11-12H,9-10H2,1-3H3,(H,21,24). The molecule has 2 rings (SSSR count). The van der Waals surface area contributed by atoms with E-state index in [0.717, 1.165) is 16.8 Å². The van der Waals surface area contributed by atoms with Crippen molar-refractivity contribution in [2.75, 3.05) is 16.8 Å². The Bertz CT molecular complexity index is 759. The van der Waals surface area contributed by atoms with Crippen LogP contribution in [-0.4, -0.2) is 18.4 Å². The zero-order valence-corrected chi connectivity index (χ0v) is 14.1. The molecule has 0 atom stereocenters. The third kappa shape index (κ3) is 4.65. The molecule has 0 spiro atoms. The fourth-order valence-corrected chi connectivity index (χ4v) is 2.46. The van der Waals surface area contributed by atoms with Gasteiger partial charge in [0.25, 0.3) is 0 Å². The molecule has 24 heavy (non-hydrogen) atoms. The van der Waals surface area contributed by atoms with Gasteiger partial charge < -0.3 is 10.2 Å². The van der Waals surface area contributed by atoms with E-state index in [1.54, 1.807) is 11.0 Å². The first-order valence-corrected chi connectivity index (χ1v) is 7.77. The molecule has 0 bridgehead atoms. The largest absolute Gasteiger partial charge is 0.326 e. The molecular weight excluding hydrogens is 307 g/mol. The summed E-state index contributed by atoms with van der Waals surface area (Å²) < 4.78 is 13.1. The summed E-state index contributed by atoms with van der Waals surface area (Å²) in [7, 11) is 0. The first-order valence-electron chi connectivity index (χ1n) is 7.77. The zero-order valence-electron chi connectivity index (χ0n) is 14.1. The van der Waals surface area contributed by atoms with Gasteiger partial charge in [-0.15, -0.1) is 0 Å². The van der Waals surface area contributed by atoms with Gasteiger partial charge in [0.15, 0.2) is 0 Å². The van der Waals surface area contributed by atoms with Gasteiger partial charge in [-0.2, -0.15) is 0 Å². The number of carbonyl (C=O) groups excluding carboxylic acids is 2. The Hall–Kier alpha value is -2.69. The quantitative estimate of drug-likeness (QED) is 0.907. The maximum absolute atomic E-state index is 13.1. The van der Waals surface area contributed by atoms with Crippen molar-refractivity contribution in [3.05, 3.63) is 59.4 Å². The average molecular weight is 328 g/mol. The van der Waals surface area contributed by atoms with E-state index in [0.29, 0.717) is 5.69 Å². The average Bonchev–Trinajstić information content (AvgIpc) is 2.50. The number of nitrogens with zero attached hydrogens (tertiary/aromatic N) is 1. The Morgan fingerprint density at radius 1 is 1.12 bits per heavy atom. The molecule has 0 aromatic heterocycles. The molecule has 0 saturated heterocycles. The molecule has 0 saturated carbocycles. The molecule has 5 heteroatoms. The van der Waals surface area contributed by atoms with E-state index in [2.05, 4.69) is 5.32 Å². The topological polar surface area (TPSA) is 49.4 Å². The van der Waals surface area contributed by atoms with Gasteiger partial charge in [-0.05, 0) is 49.2 Å². The zero-order chi connectivity index (χ0) is 17.7. The van der Waals surface area contributed by atoms with Crippen LogP contribution in [0.1, 0.15) is 24.5 Å². The Balaban J connectivity index is 2.05. The Labute approximate surface area is 141 Å². The van der Waals surface area contributed by atoms with Gasteiger partial charge in [-0.1, -0.05) is 18.2 Å². The van der Waals surface area contributed by atoms with Crippen molar-refractivity contribution >= 4 is 23.2 Å². The van der Waals surface area contributed by atoms with Gasteiger partial charge >= 0.3 is 0 Å². The van der Waals surface area contributed by atoms with Crippen molar-refractivity contribution in [3.8, 4) is 0 Å². The Kier molecular flexibility index (Phi) is 5.68. The highest BCUT2D eigenvalue weighted by Gasteiger charge is 2.15. The highest BCUT2D eigenvalue weighted by Crippen LogP contribution is 2.22. The van der Waals surface area contributed by atoms with E-state index >= 15 is 0 Å². The van der Waals surface area contributed by atoms with Crippen LogP contribution in [0.5, 0.6) is 0 Å². The number of amides is 2. The Morgan fingerprint density at radius 3 is 2.54 bits per heavy atom. The third-order valence-corrected chi connectivity index (χ3v) is 3.71. The second kappa shape index (κ2) is 7.73. The summed E-state index contributed by atoms with van der Waals surface area (Å²) >= 11 is 0. The molecule has 4 nitrogen and oxygen atoms in total. The minimum absolute atomic E-state index is 0.123. The molecule has 0 aliphatic heterocycles. The van der Waals surface area contributed by atoms with Crippen molar-refractivity contribution in [2.45, 2.75) is 27.2 Å². The minimum Gasteiger partial charge on any atom is -0.326 e. The lowest BCUT2D eigenvalue weighted by molar-refractivity contribution is -0.117. The van der Waals surface area contributed by atoms with Gasteiger partial charge in [0.1, 0.15) is 5.82 Å². The lowest BCUT2D eigenvalue weighted by atomic mass is 10.1. The summed E-state index contributed by atoms with van der Waals surface area (Å²) in [6.07, 6.45) is 0.128. The number of benzene rings is 2. The number of aryl methyl sites for hydroxylation is 2. The van der Waals surface area contributed by atoms with E-state index in [4.69, 9.17) is 0 Å². The number of carbonyl (C=O) groups is 2. The van der Waals surface area contributed by atoms with Crippen LogP contribution in [0.15, 0.2) is 42.5 Å². The molecule has 2 aromatic carbocycles. The van der Waals surface area contributed by atoms with Crippen molar-refractivity contribution < 1.29 is 14.0 Å². The predicted octanol–water partition coefficient (Wildman–Crippen LogP) is 3.82. The molecule has 0 heterocycles. The highest BCUT2D eigenvalue weighted by molar-refractivity contribution is 5.95. The van der Waals surface area contributed by atoms with E-state index in [1.807, 2.05) is 32.0 Å². The van der Waals surface area contributed by atoms with Gasteiger partial charge in [0.2, 0.25) is 11.8 Å². The smallest absolute Gasteiger partial charge is 0.226 e. The van der Waals surface area contributed by atoms with Gasteiger partial charge in [0.05, 0.1) is 0 Å². The van der Waals surface area contributed by atoms with Crippen LogP contribution in [0.3, 0.4) is 0 Å². The number of hydrogen-bond donors (Lipinski definition) is 1. The van der Waals surface area contributed by atoms with Crippen LogP contribution in [0.25, 0.3) is 0 Å². The van der Waals surface area contributed by atoms with E-state index in [1.165, 1.54) is 25.1 Å². The Morgan fingerprint density at radius 2 is 1.88 bits per heavy atom. The summed E-state index contributed by atoms with van der Waals surface area (Å²) in [4.78, 5) is 25.6. The molecule has 1 N–H and O–H groups in total. The minimum atomic E-state index is -0.409. The molecular formula is C19H21FN2O2. The van der Waals surface area contributed by atoms with Crippen LogP contribution >= 0.6 is 0 Å². The normalized spacial score (nSPS) is 10.3. The molecule has 126 valence electrons. The molecule has 2 amide bonds. The third-order valence-electron chi connectivity index (χ3n) is 3.71. The lowest BCUT2D eigenvalue weighted by Crippen LogP contribution is -2.32. The lowest BCUT2D eigenvalue weighted by Gasteiger charge is -2.23. The molecule has 0 unspecified atom stereocenters. The monoisotopic (exact) mass is 328 g/mol. The second-order valence-electron chi connectivity index (χ2n) is 5.77. The second-order valence-corrected chi connectivity index (χ2v) is 5.77. The summed E-state index contributed by atoms with van der Waals surface area (Å²) in [5.41, 5.74) is 3.23. The molecule has 0 fully saturated rings. The first kappa shape index (κ1) is 17.7.